The number of sulfonamides is 1. The molecular weight excluding hydrogens is 432 g/mol. The molecule has 3 rings (SSSR count). The molecule has 8 nitrogen and oxygen atoms in total. The Morgan fingerprint density at radius 2 is 1.62 bits per heavy atom. The molecule has 9 heteroatoms. The first-order valence-electron chi connectivity index (χ1n) is 10.4. The summed E-state index contributed by atoms with van der Waals surface area (Å²) < 4.78 is 44.2. The minimum Gasteiger partial charge on any atom is -0.497 e. The number of hydrogen-bond donors (Lipinski definition) is 0. The van der Waals surface area contributed by atoms with Gasteiger partial charge in [0.15, 0.2) is 0 Å². The maximum absolute atomic E-state index is 13.4. The fraction of sp³-hybridized carbons (Fsp3) is 0.435. The Kier molecular flexibility index (Phi) is 7.30. The van der Waals surface area contributed by atoms with Gasteiger partial charge in [-0.25, -0.2) is 8.42 Å². The van der Waals surface area contributed by atoms with Gasteiger partial charge in [0.05, 0.1) is 32.1 Å². The number of nitrogens with zero attached hydrogens (tertiary/aromatic N) is 2. The molecular formula is C23H30N2O6S. The highest BCUT2D eigenvalue weighted by atomic mass is 32.2. The molecule has 174 valence electrons. The van der Waals surface area contributed by atoms with E-state index in [9.17, 15) is 13.2 Å². The van der Waals surface area contributed by atoms with Crippen molar-refractivity contribution in [1.29, 1.82) is 0 Å². The number of methoxy groups -OCH3 is 3. The maximum Gasteiger partial charge on any atom is 0.243 e. The molecule has 0 bridgehead atoms. The Labute approximate surface area is 189 Å². The standard InChI is InChI=1S/C23H30N2O6S/c1-6-24(2)23(26)21-15-25(32(27,28)18-10-7-16(29-3)8-11-18)14-20(21)19-13-17(30-4)9-12-22(19)31-5/h7-13,20-21H,6,14-15H2,1-5H3. The minimum atomic E-state index is -3.80. The Hall–Kier alpha value is -2.78. The van der Waals surface area contributed by atoms with Crippen LogP contribution in [0.1, 0.15) is 18.4 Å². The summed E-state index contributed by atoms with van der Waals surface area (Å²) in [5.41, 5.74) is 0.752. The van der Waals surface area contributed by atoms with Gasteiger partial charge in [0, 0.05) is 38.2 Å². The van der Waals surface area contributed by atoms with Crippen molar-refractivity contribution in [2.45, 2.75) is 17.7 Å². The number of carbonyl (C=O) groups excluding carboxylic acids is 1. The van der Waals surface area contributed by atoms with E-state index in [-0.39, 0.29) is 29.8 Å². The van der Waals surface area contributed by atoms with Gasteiger partial charge in [-0.15, -0.1) is 0 Å². The predicted molar refractivity (Wildman–Crippen MR) is 121 cm³/mol. The van der Waals surface area contributed by atoms with Gasteiger partial charge in [0.1, 0.15) is 17.2 Å². The van der Waals surface area contributed by atoms with Crippen LogP contribution in [0.2, 0.25) is 0 Å². The molecule has 2 atom stereocenters. The third-order valence-electron chi connectivity index (χ3n) is 5.99. The number of benzene rings is 2. The smallest absolute Gasteiger partial charge is 0.243 e. The number of ether oxygens (including phenoxy) is 3. The number of hydrogen-bond acceptors (Lipinski definition) is 6. The maximum atomic E-state index is 13.4. The predicted octanol–water partition coefficient (Wildman–Crippen LogP) is 2.59. The lowest BCUT2D eigenvalue weighted by atomic mass is 9.87. The fourth-order valence-corrected chi connectivity index (χ4v) is 5.49. The minimum absolute atomic E-state index is 0.0859. The Morgan fingerprint density at radius 1 is 1.00 bits per heavy atom. The second-order valence-electron chi connectivity index (χ2n) is 7.67. The van der Waals surface area contributed by atoms with E-state index in [1.165, 1.54) is 23.5 Å². The summed E-state index contributed by atoms with van der Waals surface area (Å²) in [6.07, 6.45) is 0. The van der Waals surface area contributed by atoms with Crippen molar-refractivity contribution >= 4 is 15.9 Å². The van der Waals surface area contributed by atoms with Gasteiger partial charge in [0.25, 0.3) is 0 Å². The lowest BCUT2D eigenvalue weighted by Crippen LogP contribution is -2.37. The molecule has 2 aromatic carbocycles. The first kappa shape index (κ1) is 23.9. The van der Waals surface area contributed by atoms with Crippen LogP contribution in [-0.4, -0.2) is 71.5 Å². The second-order valence-corrected chi connectivity index (χ2v) is 9.61. The lowest BCUT2D eigenvalue weighted by molar-refractivity contribution is -0.133. The quantitative estimate of drug-likeness (QED) is 0.600. The molecule has 1 aliphatic heterocycles. The van der Waals surface area contributed by atoms with Gasteiger partial charge in [-0.3, -0.25) is 4.79 Å². The summed E-state index contributed by atoms with van der Waals surface area (Å²) in [5, 5.41) is 0. The monoisotopic (exact) mass is 462 g/mol. The van der Waals surface area contributed by atoms with Crippen LogP contribution in [0.15, 0.2) is 47.4 Å². The van der Waals surface area contributed by atoms with Gasteiger partial charge in [0.2, 0.25) is 15.9 Å². The molecule has 1 saturated heterocycles. The van der Waals surface area contributed by atoms with Crippen LogP contribution < -0.4 is 14.2 Å². The van der Waals surface area contributed by atoms with E-state index in [2.05, 4.69) is 0 Å². The molecule has 2 aromatic rings. The molecule has 2 unspecified atom stereocenters. The first-order chi connectivity index (χ1) is 15.3. The zero-order chi connectivity index (χ0) is 23.5. The van der Waals surface area contributed by atoms with Crippen LogP contribution in [0.25, 0.3) is 0 Å². The Bertz CT molecular complexity index is 1050. The summed E-state index contributed by atoms with van der Waals surface area (Å²) >= 11 is 0. The summed E-state index contributed by atoms with van der Waals surface area (Å²) in [6, 6.07) is 11.6. The van der Waals surface area contributed by atoms with E-state index in [0.29, 0.717) is 23.8 Å². The molecule has 0 N–H and O–H groups in total. The lowest BCUT2D eigenvalue weighted by Gasteiger charge is -2.24. The van der Waals surface area contributed by atoms with Crippen molar-refractivity contribution in [1.82, 2.24) is 9.21 Å². The fourth-order valence-electron chi connectivity index (χ4n) is 3.99. The summed E-state index contributed by atoms with van der Waals surface area (Å²) in [4.78, 5) is 15.0. The summed E-state index contributed by atoms with van der Waals surface area (Å²) in [5.74, 6) is 0.754. The van der Waals surface area contributed by atoms with E-state index < -0.39 is 15.9 Å². The summed E-state index contributed by atoms with van der Waals surface area (Å²) in [6.45, 7) is 2.66. The highest BCUT2D eigenvalue weighted by molar-refractivity contribution is 7.89. The topological polar surface area (TPSA) is 85.4 Å². The van der Waals surface area contributed by atoms with E-state index in [4.69, 9.17) is 14.2 Å². The zero-order valence-electron chi connectivity index (χ0n) is 19.1. The zero-order valence-corrected chi connectivity index (χ0v) is 19.9. The van der Waals surface area contributed by atoms with Crippen molar-refractivity contribution in [3.8, 4) is 17.2 Å². The first-order valence-corrected chi connectivity index (χ1v) is 11.8. The molecule has 0 saturated carbocycles. The molecule has 32 heavy (non-hydrogen) atoms. The van der Waals surface area contributed by atoms with Gasteiger partial charge < -0.3 is 19.1 Å². The Morgan fingerprint density at radius 3 is 2.19 bits per heavy atom. The molecule has 0 aliphatic carbocycles. The van der Waals surface area contributed by atoms with Crippen LogP contribution >= 0.6 is 0 Å². The molecule has 1 fully saturated rings. The third kappa shape index (κ3) is 4.54. The highest BCUT2D eigenvalue weighted by Gasteiger charge is 2.45. The average Bonchev–Trinajstić information content (AvgIpc) is 3.28. The number of carbonyl (C=O) groups is 1. The SMILES string of the molecule is CCN(C)C(=O)C1CN(S(=O)(=O)c2ccc(OC)cc2)CC1c1cc(OC)ccc1OC. The van der Waals surface area contributed by atoms with Crippen LogP contribution in [0.5, 0.6) is 17.2 Å². The molecule has 0 radical (unpaired) electrons. The molecule has 1 amide bonds. The molecule has 0 aromatic heterocycles. The van der Waals surface area contributed by atoms with Gasteiger partial charge in [-0.05, 0) is 49.4 Å². The van der Waals surface area contributed by atoms with Crippen molar-refractivity contribution in [3.05, 3.63) is 48.0 Å². The van der Waals surface area contributed by atoms with Gasteiger partial charge in [-0.2, -0.15) is 4.31 Å². The van der Waals surface area contributed by atoms with Gasteiger partial charge >= 0.3 is 0 Å². The summed E-state index contributed by atoms with van der Waals surface area (Å²) in [7, 11) is 2.57. The second kappa shape index (κ2) is 9.79. The van der Waals surface area contributed by atoms with E-state index in [1.807, 2.05) is 13.0 Å². The number of rotatable bonds is 8. The van der Waals surface area contributed by atoms with Crippen molar-refractivity contribution in [3.63, 3.8) is 0 Å². The largest absolute Gasteiger partial charge is 0.497 e. The van der Waals surface area contributed by atoms with Crippen LogP contribution in [0.3, 0.4) is 0 Å². The van der Waals surface area contributed by atoms with Crippen molar-refractivity contribution in [2.24, 2.45) is 5.92 Å². The highest BCUT2D eigenvalue weighted by Crippen LogP contribution is 2.41. The number of amides is 1. The van der Waals surface area contributed by atoms with Crippen LogP contribution in [0, 0.1) is 5.92 Å². The molecule has 1 heterocycles. The average molecular weight is 463 g/mol. The van der Waals surface area contributed by atoms with Crippen LogP contribution in [0.4, 0.5) is 0 Å². The van der Waals surface area contributed by atoms with Crippen molar-refractivity contribution < 1.29 is 27.4 Å². The molecule has 0 spiro atoms. The van der Waals surface area contributed by atoms with Crippen LogP contribution in [-0.2, 0) is 14.8 Å². The molecule has 1 aliphatic rings. The van der Waals surface area contributed by atoms with E-state index in [0.717, 1.165) is 5.56 Å². The normalized spacial score (nSPS) is 18.9. The van der Waals surface area contributed by atoms with E-state index in [1.54, 1.807) is 50.4 Å². The van der Waals surface area contributed by atoms with E-state index >= 15 is 0 Å². The van der Waals surface area contributed by atoms with Gasteiger partial charge in [-0.1, -0.05) is 0 Å². The Balaban J connectivity index is 2.03. The third-order valence-corrected chi connectivity index (χ3v) is 7.83. The van der Waals surface area contributed by atoms with Crippen molar-refractivity contribution in [2.75, 3.05) is 48.0 Å².